The Morgan fingerprint density at radius 1 is 1.11 bits per heavy atom. The van der Waals surface area contributed by atoms with E-state index in [1.807, 2.05) is 22.8 Å². The average molecular weight is 658 g/mol. The summed E-state index contributed by atoms with van der Waals surface area (Å²) in [6, 6.07) is 15.2. The summed E-state index contributed by atoms with van der Waals surface area (Å²) >= 11 is 0. The van der Waals surface area contributed by atoms with Crippen molar-refractivity contribution in [2.75, 3.05) is 26.8 Å². The number of fused-ring (bicyclic) bond motifs is 1. The number of hydrogen-bond acceptors (Lipinski definition) is 8. The lowest BCUT2D eigenvalue weighted by Crippen LogP contribution is -2.33. The molecule has 0 unspecified atom stereocenters. The van der Waals surface area contributed by atoms with Crippen molar-refractivity contribution in [1.82, 2.24) is 19.4 Å². The molecule has 2 N–H and O–H groups in total. The molecule has 0 bridgehead atoms. The van der Waals surface area contributed by atoms with Gasteiger partial charge in [0.1, 0.15) is 18.2 Å². The smallest absolute Gasteiger partial charge is 0.478 e. The Morgan fingerprint density at radius 3 is 2.45 bits per heavy atom. The standard InChI is InChI=1S/C30H30FN5O4.C2HF3O2/c1-39-14-13-36-27-16-22(30(37)38)6-7-26(27)34-28(36)18-35-11-8-21(9-12-35)24-3-2-10-33-29(24)40-19-23-5-4-20(17-32)15-25(23)31;3-2(4,5)1(6)7/h2-7,10,15-16,21H,8-9,11-14,18-19H2,1H3,(H,37,38);(H,6,7). The fourth-order valence-electron chi connectivity index (χ4n) is 5.18. The second-order valence-corrected chi connectivity index (χ2v) is 10.6. The number of methoxy groups -OCH3 is 1. The van der Waals surface area contributed by atoms with Gasteiger partial charge in [0.05, 0.1) is 41.4 Å². The first-order valence-corrected chi connectivity index (χ1v) is 14.4. The maximum Gasteiger partial charge on any atom is 0.490 e. The number of imidazole rings is 1. The molecule has 15 heteroatoms. The highest BCUT2D eigenvalue weighted by atomic mass is 19.4. The van der Waals surface area contributed by atoms with Gasteiger partial charge in [-0.25, -0.2) is 23.9 Å². The number of halogens is 4. The first-order chi connectivity index (χ1) is 22.4. The van der Waals surface area contributed by atoms with E-state index in [4.69, 9.17) is 29.6 Å². The molecule has 1 aliphatic heterocycles. The van der Waals surface area contributed by atoms with Crippen molar-refractivity contribution < 1.29 is 46.8 Å². The average Bonchev–Trinajstić information content (AvgIpc) is 3.39. The number of aromatic nitrogens is 3. The van der Waals surface area contributed by atoms with Crippen molar-refractivity contribution in [1.29, 1.82) is 5.26 Å². The number of ether oxygens (including phenoxy) is 2. The number of nitrogens with zero attached hydrogens (tertiary/aromatic N) is 5. The monoisotopic (exact) mass is 657 g/mol. The van der Waals surface area contributed by atoms with E-state index in [-0.39, 0.29) is 23.7 Å². The molecule has 0 aliphatic carbocycles. The SMILES string of the molecule is COCCn1c(CN2CCC(c3cccnc3OCc3ccc(C#N)cc3F)CC2)nc2ccc(C(=O)O)cc21.O=C(O)C(F)(F)F. The molecule has 3 heterocycles. The molecular formula is C32H31F4N5O6. The first-order valence-electron chi connectivity index (χ1n) is 14.4. The zero-order valence-electron chi connectivity index (χ0n) is 25.2. The Morgan fingerprint density at radius 2 is 1.83 bits per heavy atom. The van der Waals surface area contributed by atoms with E-state index in [0.29, 0.717) is 31.1 Å². The van der Waals surface area contributed by atoms with Gasteiger partial charge in [-0.3, -0.25) is 4.90 Å². The number of benzene rings is 2. The summed E-state index contributed by atoms with van der Waals surface area (Å²) in [6.45, 7) is 3.43. The van der Waals surface area contributed by atoms with Gasteiger partial charge in [-0.1, -0.05) is 12.1 Å². The third-order valence-electron chi connectivity index (χ3n) is 7.58. The lowest BCUT2D eigenvalue weighted by molar-refractivity contribution is -0.192. The van der Waals surface area contributed by atoms with Crippen molar-refractivity contribution in [3.05, 3.63) is 88.6 Å². The molecular weight excluding hydrogens is 626 g/mol. The second kappa shape index (κ2) is 15.5. The van der Waals surface area contributed by atoms with Crippen LogP contribution >= 0.6 is 0 Å². The minimum Gasteiger partial charge on any atom is -0.478 e. The quantitative estimate of drug-likeness (QED) is 0.213. The molecule has 4 aromatic rings. The van der Waals surface area contributed by atoms with Gasteiger partial charge in [-0.05, 0) is 68.2 Å². The van der Waals surface area contributed by atoms with Gasteiger partial charge in [0, 0.05) is 31.0 Å². The number of carboxylic acid groups (broad SMARTS) is 2. The summed E-state index contributed by atoms with van der Waals surface area (Å²) in [5, 5.41) is 25.5. The normalized spacial score (nSPS) is 13.9. The van der Waals surface area contributed by atoms with Crippen LogP contribution in [0.5, 0.6) is 5.88 Å². The number of carboxylic acids is 2. The third-order valence-corrected chi connectivity index (χ3v) is 7.58. The lowest BCUT2D eigenvalue weighted by Gasteiger charge is -2.32. The minimum atomic E-state index is -5.08. The maximum atomic E-state index is 14.3. The number of aliphatic carboxylic acids is 1. The predicted molar refractivity (Wildman–Crippen MR) is 159 cm³/mol. The molecule has 0 saturated carbocycles. The number of pyridine rings is 1. The molecule has 248 valence electrons. The summed E-state index contributed by atoms with van der Waals surface area (Å²) in [6.07, 6.45) is -1.62. The number of alkyl halides is 3. The van der Waals surface area contributed by atoms with E-state index < -0.39 is 23.9 Å². The summed E-state index contributed by atoms with van der Waals surface area (Å²) in [4.78, 5) is 32.0. The number of hydrogen-bond donors (Lipinski definition) is 2. The summed E-state index contributed by atoms with van der Waals surface area (Å²) in [7, 11) is 1.64. The van der Waals surface area contributed by atoms with Crippen LogP contribution in [0.15, 0.2) is 54.7 Å². The van der Waals surface area contributed by atoms with Gasteiger partial charge in [-0.2, -0.15) is 18.4 Å². The van der Waals surface area contributed by atoms with Crippen LogP contribution in [0.1, 0.15) is 51.6 Å². The van der Waals surface area contributed by atoms with Gasteiger partial charge in [0.2, 0.25) is 5.88 Å². The van der Waals surface area contributed by atoms with Gasteiger partial charge >= 0.3 is 18.1 Å². The number of likely N-dealkylation sites (tertiary alicyclic amines) is 1. The zero-order valence-corrected chi connectivity index (χ0v) is 25.2. The van der Waals surface area contributed by atoms with E-state index in [1.165, 1.54) is 6.07 Å². The molecule has 0 amide bonds. The first kappa shape index (κ1) is 34.8. The highest BCUT2D eigenvalue weighted by molar-refractivity contribution is 5.92. The van der Waals surface area contributed by atoms with Crippen molar-refractivity contribution in [2.45, 2.75) is 44.6 Å². The molecule has 2 aromatic heterocycles. The number of rotatable bonds is 10. The van der Waals surface area contributed by atoms with Gasteiger partial charge in [0.15, 0.2) is 0 Å². The molecule has 1 fully saturated rings. The topological polar surface area (TPSA) is 151 Å². The highest BCUT2D eigenvalue weighted by Crippen LogP contribution is 2.34. The molecule has 1 aliphatic rings. The second-order valence-electron chi connectivity index (χ2n) is 10.6. The van der Waals surface area contributed by atoms with Gasteiger partial charge < -0.3 is 24.3 Å². The molecule has 11 nitrogen and oxygen atoms in total. The van der Waals surface area contributed by atoms with Gasteiger partial charge in [0.25, 0.3) is 0 Å². The number of carbonyl (C=O) groups is 2. The molecule has 0 atom stereocenters. The number of nitriles is 1. The third kappa shape index (κ3) is 9.02. The highest BCUT2D eigenvalue weighted by Gasteiger charge is 2.38. The van der Waals surface area contributed by atoms with Gasteiger partial charge in [-0.15, -0.1) is 0 Å². The molecule has 5 rings (SSSR count). The van der Waals surface area contributed by atoms with E-state index >= 15 is 0 Å². The summed E-state index contributed by atoms with van der Waals surface area (Å²) in [5.41, 5.74) is 3.43. The van der Waals surface area contributed by atoms with Crippen molar-refractivity contribution in [3.63, 3.8) is 0 Å². The number of piperidine rings is 1. The van der Waals surface area contributed by atoms with Crippen LogP contribution in [-0.2, 0) is 29.2 Å². The Kier molecular flexibility index (Phi) is 11.5. The number of aromatic carboxylic acids is 1. The van der Waals surface area contributed by atoms with Crippen LogP contribution in [0.4, 0.5) is 17.6 Å². The van der Waals surface area contributed by atoms with Crippen molar-refractivity contribution in [2.24, 2.45) is 0 Å². The van der Waals surface area contributed by atoms with E-state index in [1.54, 1.807) is 43.6 Å². The Bertz CT molecular complexity index is 1760. The van der Waals surface area contributed by atoms with Crippen LogP contribution in [0, 0.1) is 17.1 Å². The Labute approximate surface area is 266 Å². The fourth-order valence-corrected chi connectivity index (χ4v) is 5.18. The lowest BCUT2D eigenvalue weighted by atomic mass is 9.90. The van der Waals surface area contributed by atoms with Crippen LogP contribution in [-0.4, -0.2) is 74.6 Å². The van der Waals surface area contributed by atoms with Crippen molar-refractivity contribution >= 4 is 23.0 Å². The fraction of sp³-hybridized carbons (Fsp3) is 0.344. The summed E-state index contributed by atoms with van der Waals surface area (Å²) in [5.74, 6) is -2.57. The Hall–Kier alpha value is -5.07. The van der Waals surface area contributed by atoms with Crippen LogP contribution < -0.4 is 4.74 Å². The van der Waals surface area contributed by atoms with E-state index in [0.717, 1.165) is 48.4 Å². The molecule has 0 spiro atoms. The van der Waals surface area contributed by atoms with E-state index in [9.17, 15) is 27.5 Å². The summed E-state index contributed by atoms with van der Waals surface area (Å²) < 4.78 is 59.4. The van der Waals surface area contributed by atoms with Crippen LogP contribution in [0.2, 0.25) is 0 Å². The maximum absolute atomic E-state index is 14.3. The molecule has 1 saturated heterocycles. The largest absolute Gasteiger partial charge is 0.490 e. The minimum absolute atomic E-state index is 0.0294. The molecule has 47 heavy (non-hydrogen) atoms. The zero-order chi connectivity index (χ0) is 34.1. The molecule has 0 radical (unpaired) electrons. The Balaban J connectivity index is 0.000000644. The van der Waals surface area contributed by atoms with Crippen LogP contribution in [0.25, 0.3) is 11.0 Å². The van der Waals surface area contributed by atoms with Crippen molar-refractivity contribution in [3.8, 4) is 11.9 Å². The predicted octanol–water partition coefficient (Wildman–Crippen LogP) is 5.38. The van der Waals surface area contributed by atoms with E-state index in [2.05, 4.69) is 9.88 Å². The van der Waals surface area contributed by atoms with Crippen LogP contribution in [0.3, 0.4) is 0 Å². The molecule has 2 aromatic carbocycles.